The number of amides is 1. The summed E-state index contributed by atoms with van der Waals surface area (Å²) < 4.78 is 11.1. The number of carbonyl (C=O) groups is 1. The normalized spacial score (nSPS) is 14.7. The van der Waals surface area contributed by atoms with E-state index in [4.69, 9.17) is 9.47 Å². The van der Waals surface area contributed by atoms with E-state index in [1.165, 1.54) is 5.56 Å². The summed E-state index contributed by atoms with van der Waals surface area (Å²) in [4.78, 5) is 15.1. The lowest BCUT2D eigenvalue weighted by Gasteiger charge is -2.31. The van der Waals surface area contributed by atoms with Crippen molar-refractivity contribution in [2.24, 2.45) is 5.92 Å². The zero-order valence-electron chi connectivity index (χ0n) is 17.8. The maximum absolute atomic E-state index is 12.7. The Hall–Kier alpha value is -3.31. The van der Waals surface area contributed by atoms with Gasteiger partial charge in [-0.15, -0.1) is 0 Å². The number of likely N-dealkylation sites (tertiary alicyclic amines) is 1. The number of para-hydroxylation sites is 1. The minimum Gasteiger partial charge on any atom is -0.497 e. The fourth-order valence-electron chi connectivity index (χ4n) is 3.86. The largest absolute Gasteiger partial charge is 0.497 e. The lowest BCUT2D eigenvalue weighted by atomic mass is 9.95. The number of rotatable bonds is 7. The molecule has 1 fully saturated rings. The van der Waals surface area contributed by atoms with Crippen molar-refractivity contribution in [3.63, 3.8) is 0 Å². The average Bonchev–Trinajstić information content (AvgIpc) is 2.81. The van der Waals surface area contributed by atoms with E-state index in [0.717, 1.165) is 55.4 Å². The molecular formula is C26H28N2O3. The monoisotopic (exact) mass is 416 g/mol. The zero-order chi connectivity index (χ0) is 21.5. The molecule has 0 aliphatic carbocycles. The van der Waals surface area contributed by atoms with Crippen LogP contribution in [0, 0.1) is 5.92 Å². The summed E-state index contributed by atoms with van der Waals surface area (Å²) in [5, 5.41) is 3.05. The summed E-state index contributed by atoms with van der Waals surface area (Å²) in [5.41, 5.74) is 2.03. The number of carbonyl (C=O) groups excluding carboxylic acids is 1. The minimum atomic E-state index is 0.0433. The Bertz CT molecular complexity index is 981. The minimum absolute atomic E-state index is 0.0433. The molecule has 160 valence electrons. The molecule has 0 atom stereocenters. The van der Waals surface area contributed by atoms with E-state index in [2.05, 4.69) is 22.3 Å². The molecule has 1 saturated heterocycles. The fraction of sp³-hybridized carbons (Fsp3) is 0.269. The van der Waals surface area contributed by atoms with Crippen LogP contribution in [-0.4, -0.2) is 31.0 Å². The van der Waals surface area contributed by atoms with Crippen molar-refractivity contribution >= 4 is 11.6 Å². The van der Waals surface area contributed by atoms with Gasteiger partial charge in [-0.05, 0) is 80.0 Å². The maximum Gasteiger partial charge on any atom is 0.227 e. The Morgan fingerprint density at radius 2 is 1.58 bits per heavy atom. The molecule has 1 heterocycles. The van der Waals surface area contributed by atoms with Gasteiger partial charge in [-0.2, -0.15) is 0 Å². The van der Waals surface area contributed by atoms with Gasteiger partial charge in [0.25, 0.3) is 0 Å². The number of hydrogen-bond donors (Lipinski definition) is 1. The van der Waals surface area contributed by atoms with Crippen LogP contribution < -0.4 is 14.8 Å². The smallest absolute Gasteiger partial charge is 0.227 e. The highest BCUT2D eigenvalue weighted by Gasteiger charge is 2.25. The second-order valence-corrected chi connectivity index (χ2v) is 7.83. The Kier molecular flexibility index (Phi) is 6.85. The van der Waals surface area contributed by atoms with Crippen molar-refractivity contribution in [2.45, 2.75) is 19.4 Å². The molecule has 1 amide bonds. The Balaban J connectivity index is 1.25. The van der Waals surface area contributed by atoms with Gasteiger partial charge in [-0.3, -0.25) is 9.69 Å². The molecule has 31 heavy (non-hydrogen) atoms. The summed E-state index contributed by atoms with van der Waals surface area (Å²) in [6, 6.07) is 25.3. The molecule has 0 unspecified atom stereocenters. The summed E-state index contributed by atoms with van der Waals surface area (Å²) >= 11 is 0. The second-order valence-electron chi connectivity index (χ2n) is 7.83. The van der Waals surface area contributed by atoms with Gasteiger partial charge in [0, 0.05) is 18.2 Å². The fourth-order valence-corrected chi connectivity index (χ4v) is 3.86. The van der Waals surface area contributed by atoms with Gasteiger partial charge in [0.2, 0.25) is 5.91 Å². The predicted molar refractivity (Wildman–Crippen MR) is 123 cm³/mol. The van der Waals surface area contributed by atoms with Crippen LogP contribution in [-0.2, 0) is 11.3 Å². The number of nitrogens with zero attached hydrogens (tertiary/aromatic N) is 1. The highest BCUT2D eigenvalue weighted by atomic mass is 16.5. The summed E-state index contributed by atoms with van der Waals surface area (Å²) in [6.07, 6.45) is 1.73. The number of hydrogen-bond acceptors (Lipinski definition) is 4. The molecule has 5 heteroatoms. The third kappa shape index (κ3) is 5.86. The van der Waals surface area contributed by atoms with E-state index >= 15 is 0 Å². The topological polar surface area (TPSA) is 50.8 Å². The van der Waals surface area contributed by atoms with E-state index in [-0.39, 0.29) is 11.8 Å². The van der Waals surface area contributed by atoms with Gasteiger partial charge in [-0.1, -0.05) is 30.3 Å². The van der Waals surface area contributed by atoms with E-state index in [0.29, 0.717) is 0 Å². The van der Waals surface area contributed by atoms with Crippen LogP contribution in [0.2, 0.25) is 0 Å². The van der Waals surface area contributed by atoms with Crippen LogP contribution in [0.1, 0.15) is 18.4 Å². The van der Waals surface area contributed by atoms with Crippen LogP contribution in [0.25, 0.3) is 0 Å². The Morgan fingerprint density at radius 3 is 2.29 bits per heavy atom. The first-order valence-electron chi connectivity index (χ1n) is 10.7. The van der Waals surface area contributed by atoms with Crippen LogP contribution in [0.15, 0.2) is 78.9 Å². The quantitative estimate of drug-likeness (QED) is 0.565. The molecule has 5 nitrogen and oxygen atoms in total. The first kappa shape index (κ1) is 20.9. The molecule has 0 radical (unpaired) electrons. The molecule has 0 aromatic heterocycles. The SMILES string of the molecule is COc1cccc(CN2CCC(C(=O)Nc3ccc(Oc4ccccc4)cc3)CC2)c1. The van der Waals surface area contributed by atoms with E-state index in [9.17, 15) is 4.79 Å². The van der Waals surface area contributed by atoms with E-state index < -0.39 is 0 Å². The summed E-state index contributed by atoms with van der Waals surface area (Å²) in [7, 11) is 1.69. The third-order valence-corrected chi connectivity index (χ3v) is 5.60. The number of benzene rings is 3. The number of nitrogens with one attached hydrogen (secondary N) is 1. The van der Waals surface area contributed by atoms with Crippen molar-refractivity contribution in [2.75, 3.05) is 25.5 Å². The molecule has 4 rings (SSSR count). The van der Waals surface area contributed by atoms with Gasteiger partial charge in [0.15, 0.2) is 0 Å². The third-order valence-electron chi connectivity index (χ3n) is 5.60. The summed E-state index contributed by atoms with van der Waals surface area (Å²) in [6.45, 7) is 2.71. The van der Waals surface area contributed by atoms with Gasteiger partial charge in [0.05, 0.1) is 7.11 Å². The number of ether oxygens (including phenoxy) is 2. The highest BCUT2D eigenvalue weighted by molar-refractivity contribution is 5.92. The van der Waals surface area contributed by atoms with Gasteiger partial charge in [-0.25, -0.2) is 0 Å². The standard InChI is InChI=1S/C26H28N2O3/c1-30-25-9-5-6-20(18-25)19-28-16-14-21(15-17-28)26(29)27-22-10-12-24(13-11-22)31-23-7-3-2-4-8-23/h2-13,18,21H,14-17,19H2,1H3,(H,27,29). The first-order valence-corrected chi connectivity index (χ1v) is 10.7. The second kappa shape index (κ2) is 10.1. The molecule has 1 N–H and O–H groups in total. The van der Waals surface area contributed by atoms with Crippen molar-refractivity contribution in [1.29, 1.82) is 0 Å². The van der Waals surface area contributed by atoms with Gasteiger partial charge >= 0.3 is 0 Å². The molecular weight excluding hydrogens is 388 g/mol. The molecule has 3 aromatic carbocycles. The zero-order valence-corrected chi connectivity index (χ0v) is 17.8. The number of piperidine rings is 1. The van der Waals surface area contributed by atoms with Crippen molar-refractivity contribution < 1.29 is 14.3 Å². The number of methoxy groups -OCH3 is 1. The van der Waals surface area contributed by atoms with Crippen molar-refractivity contribution in [3.8, 4) is 17.2 Å². The van der Waals surface area contributed by atoms with Crippen LogP contribution >= 0.6 is 0 Å². The lowest BCUT2D eigenvalue weighted by molar-refractivity contribution is -0.121. The number of anilines is 1. The van der Waals surface area contributed by atoms with Crippen LogP contribution in [0.4, 0.5) is 5.69 Å². The highest BCUT2D eigenvalue weighted by Crippen LogP contribution is 2.25. The van der Waals surface area contributed by atoms with Crippen molar-refractivity contribution in [3.05, 3.63) is 84.4 Å². The Labute approximate surface area is 183 Å². The van der Waals surface area contributed by atoms with E-state index in [1.54, 1.807) is 7.11 Å². The lowest BCUT2D eigenvalue weighted by Crippen LogP contribution is -2.37. The average molecular weight is 417 g/mol. The van der Waals surface area contributed by atoms with Gasteiger partial charge < -0.3 is 14.8 Å². The van der Waals surface area contributed by atoms with Crippen LogP contribution in [0.5, 0.6) is 17.2 Å². The van der Waals surface area contributed by atoms with Crippen molar-refractivity contribution in [1.82, 2.24) is 4.90 Å². The maximum atomic E-state index is 12.7. The first-order chi connectivity index (χ1) is 15.2. The molecule has 1 aliphatic heterocycles. The summed E-state index contributed by atoms with van der Waals surface area (Å²) in [5.74, 6) is 2.56. The predicted octanol–water partition coefficient (Wildman–Crippen LogP) is 5.34. The Morgan fingerprint density at radius 1 is 0.903 bits per heavy atom. The molecule has 1 aliphatic rings. The molecule has 0 bridgehead atoms. The molecule has 3 aromatic rings. The van der Waals surface area contributed by atoms with E-state index in [1.807, 2.05) is 66.7 Å². The molecule has 0 spiro atoms. The van der Waals surface area contributed by atoms with Gasteiger partial charge in [0.1, 0.15) is 17.2 Å². The molecule has 0 saturated carbocycles. The van der Waals surface area contributed by atoms with Crippen LogP contribution in [0.3, 0.4) is 0 Å².